The van der Waals surface area contributed by atoms with Crippen LogP contribution in [0.2, 0.25) is 0 Å². The first-order chi connectivity index (χ1) is 20.4. The lowest BCUT2D eigenvalue weighted by molar-refractivity contribution is 1.11. The molecule has 4 aromatic carbocycles. The molecule has 0 aliphatic heterocycles. The Labute approximate surface area is 238 Å². The topological polar surface area (TPSA) is 48.0 Å². The number of thiophene rings is 1. The van der Waals surface area contributed by atoms with Gasteiger partial charge in [-0.25, -0.2) is 4.98 Å². The standard InChI is InChI=1S/C35H21N5S/c1-2-12-24(33-34-25(19-21-37-33)32-31(41-34)18-9-20-36-32)22(10-1)23-11-3-5-14-27(23)39-29-16-7-8-17-30(29)40-28-15-6-4-13-26(28)38-35(39)40/h1-21H. The minimum absolute atomic E-state index is 0.896. The van der Waals surface area contributed by atoms with Gasteiger partial charge in [0, 0.05) is 28.9 Å². The first-order valence-electron chi connectivity index (χ1n) is 13.5. The number of benzene rings is 4. The Kier molecular flexibility index (Phi) is 4.71. The maximum Gasteiger partial charge on any atom is 0.220 e. The van der Waals surface area contributed by atoms with Crippen molar-refractivity contribution >= 4 is 59.5 Å². The minimum Gasteiger partial charge on any atom is -0.278 e. The third-order valence-corrected chi connectivity index (χ3v) is 9.03. The zero-order chi connectivity index (χ0) is 26.9. The van der Waals surface area contributed by atoms with Crippen LogP contribution in [0, 0.1) is 0 Å². The molecule has 0 saturated heterocycles. The van der Waals surface area contributed by atoms with Crippen molar-refractivity contribution in [1.82, 2.24) is 23.9 Å². The van der Waals surface area contributed by atoms with Crippen LogP contribution < -0.4 is 0 Å². The quantitative estimate of drug-likeness (QED) is 0.223. The number of hydrogen-bond acceptors (Lipinski definition) is 4. The molecular formula is C35H21N5S. The maximum atomic E-state index is 5.12. The zero-order valence-corrected chi connectivity index (χ0v) is 22.6. The molecule has 0 saturated carbocycles. The summed E-state index contributed by atoms with van der Waals surface area (Å²) in [7, 11) is 0. The second-order valence-electron chi connectivity index (χ2n) is 10.1. The largest absolute Gasteiger partial charge is 0.278 e. The van der Waals surface area contributed by atoms with E-state index in [1.807, 2.05) is 24.5 Å². The summed E-state index contributed by atoms with van der Waals surface area (Å²) in [6.45, 7) is 0. The SMILES string of the molecule is c1ccc(-c2nccc3c2sc2cccnc23)c(-c2ccccc2-n2c3ccccc3n3c4ccccc4nc23)c1. The number of hydrogen-bond donors (Lipinski definition) is 0. The Morgan fingerprint density at radius 2 is 1.29 bits per heavy atom. The van der Waals surface area contributed by atoms with E-state index in [0.29, 0.717) is 0 Å². The van der Waals surface area contributed by atoms with Gasteiger partial charge in [-0.15, -0.1) is 11.3 Å². The summed E-state index contributed by atoms with van der Waals surface area (Å²) in [6, 6.07) is 40.3. The first kappa shape index (κ1) is 22.5. The predicted molar refractivity (Wildman–Crippen MR) is 169 cm³/mol. The van der Waals surface area contributed by atoms with Crippen molar-refractivity contribution in [3.63, 3.8) is 0 Å². The average molecular weight is 544 g/mol. The summed E-state index contributed by atoms with van der Waals surface area (Å²) < 4.78 is 6.88. The van der Waals surface area contributed by atoms with Crippen LogP contribution in [0.4, 0.5) is 0 Å². The van der Waals surface area contributed by atoms with Gasteiger partial charge < -0.3 is 0 Å². The molecule has 0 fully saturated rings. The highest BCUT2D eigenvalue weighted by atomic mass is 32.1. The molecule has 5 nitrogen and oxygen atoms in total. The fraction of sp³-hybridized carbons (Fsp3) is 0. The smallest absolute Gasteiger partial charge is 0.220 e. The zero-order valence-electron chi connectivity index (χ0n) is 21.8. The number of para-hydroxylation sites is 5. The molecule has 0 aliphatic rings. The molecule has 0 atom stereocenters. The molecule has 192 valence electrons. The van der Waals surface area contributed by atoms with Crippen molar-refractivity contribution in [2.24, 2.45) is 0 Å². The molecule has 0 unspecified atom stereocenters. The van der Waals surface area contributed by atoms with Gasteiger partial charge in [-0.1, -0.05) is 66.7 Å². The molecular weight excluding hydrogens is 522 g/mol. The van der Waals surface area contributed by atoms with E-state index in [2.05, 4.69) is 117 Å². The monoisotopic (exact) mass is 543 g/mol. The molecule has 0 N–H and O–H groups in total. The van der Waals surface area contributed by atoms with E-state index in [9.17, 15) is 0 Å². The van der Waals surface area contributed by atoms with Gasteiger partial charge in [-0.05, 0) is 54.1 Å². The van der Waals surface area contributed by atoms with Gasteiger partial charge in [0.25, 0.3) is 0 Å². The Bertz CT molecular complexity index is 2450. The van der Waals surface area contributed by atoms with Crippen molar-refractivity contribution in [2.45, 2.75) is 0 Å². The minimum atomic E-state index is 0.896. The van der Waals surface area contributed by atoms with Crippen LogP contribution in [-0.4, -0.2) is 23.9 Å². The highest BCUT2D eigenvalue weighted by Gasteiger charge is 2.21. The normalized spacial score (nSPS) is 11.9. The van der Waals surface area contributed by atoms with Crippen LogP contribution in [0.5, 0.6) is 0 Å². The van der Waals surface area contributed by atoms with Crippen LogP contribution in [0.25, 0.3) is 76.2 Å². The number of nitrogens with zero attached hydrogens (tertiary/aromatic N) is 5. The summed E-state index contributed by atoms with van der Waals surface area (Å²) in [5.41, 5.74) is 10.7. The molecule has 0 amide bonds. The van der Waals surface area contributed by atoms with Gasteiger partial charge in [-0.3, -0.25) is 18.9 Å². The van der Waals surface area contributed by atoms with E-state index in [1.54, 1.807) is 11.3 Å². The molecule has 9 rings (SSSR count). The second kappa shape index (κ2) is 8.58. The van der Waals surface area contributed by atoms with Crippen LogP contribution >= 0.6 is 11.3 Å². The van der Waals surface area contributed by atoms with E-state index >= 15 is 0 Å². The van der Waals surface area contributed by atoms with Crippen molar-refractivity contribution in [1.29, 1.82) is 0 Å². The van der Waals surface area contributed by atoms with Crippen LogP contribution in [0.3, 0.4) is 0 Å². The lowest BCUT2D eigenvalue weighted by Gasteiger charge is -2.15. The highest BCUT2D eigenvalue weighted by Crippen LogP contribution is 2.42. The number of aromatic nitrogens is 5. The third-order valence-electron chi connectivity index (χ3n) is 7.87. The molecule has 0 aliphatic carbocycles. The van der Waals surface area contributed by atoms with Crippen LogP contribution in [0.1, 0.15) is 0 Å². The Morgan fingerprint density at radius 3 is 2.20 bits per heavy atom. The van der Waals surface area contributed by atoms with Crippen LogP contribution in [-0.2, 0) is 0 Å². The molecule has 5 heterocycles. The van der Waals surface area contributed by atoms with Crippen molar-refractivity contribution < 1.29 is 0 Å². The number of fused-ring (bicyclic) bond motifs is 8. The molecule has 9 aromatic rings. The molecule has 6 heteroatoms. The summed E-state index contributed by atoms with van der Waals surface area (Å²) in [6.07, 6.45) is 3.76. The van der Waals surface area contributed by atoms with E-state index in [1.165, 1.54) is 4.70 Å². The fourth-order valence-corrected chi connectivity index (χ4v) is 7.28. The number of rotatable bonds is 3. The number of imidazole rings is 2. The van der Waals surface area contributed by atoms with E-state index in [4.69, 9.17) is 9.97 Å². The van der Waals surface area contributed by atoms with Crippen LogP contribution in [0.15, 0.2) is 128 Å². The van der Waals surface area contributed by atoms with Crippen molar-refractivity contribution in [2.75, 3.05) is 0 Å². The van der Waals surface area contributed by atoms with Gasteiger partial charge >= 0.3 is 0 Å². The predicted octanol–water partition coefficient (Wildman–Crippen LogP) is 8.92. The Morgan fingerprint density at radius 1 is 0.561 bits per heavy atom. The molecule has 0 bridgehead atoms. The van der Waals surface area contributed by atoms with Gasteiger partial charge in [0.2, 0.25) is 5.78 Å². The van der Waals surface area contributed by atoms with Crippen molar-refractivity contribution in [3.05, 3.63) is 128 Å². The third kappa shape index (κ3) is 3.19. The van der Waals surface area contributed by atoms with E-state index in [-0.39, 0.29) is 0 Å². The van der Waals surface area contributed by atoms with Gasteiger partial charge in [-0.2, -0.15) is 0 Å². The average Bonchev–Trinajstić information content (AvgIpc) is 3.70. The lowest BCUT2D eigenvalue weighted by atomic mass is 9.95. The van der Waals surface area contributed by atoms with Gasteiger partial charge in [0.1, 0.15) is 0 Å². The number of pyridine rings is 2. The molecule has 5 aromatic heterocycles. The second-order valence-corrected chi connectivity index (χ2v) is 11.2. The highest BCUT2D eigenvalue weighted by molar-refractivity contribution is 7.26. The summed E-state index contributed by atoms with van der Waals surface area (Å²) >= 11 is 1.75. The van der Waals surface area contributed by atoms with E-state index < -0.39 is 0 Å². The molecule has 41 heavy (non-hydrogen) atoms. The van der Waals surface area contributed by atoms with E-state index in [0.717, 1.165) is 71.5 Å². The fourth-order valence-electron chi connectivity index (χ4n) is 6.12. The molecule has 0 spiro atoms. The van der Waals surface area contributed by atoms with Gasteiger partial charge in [0.05, 0.1) is 48.4 Å². The summed E-state index contributed by atoms with van der Waals surface area (Å²) in [5.74, 6) is 0.896. The maximum absolute atomic E-state index is 5.12. The Hall–Kier alpha value is -5.33. The molecule has 0 radical (unpaired) electrons. The first-order valence-corrected chi connectivity index (χ1v) is 14.4. The van der Waals surface area contributed by atoms with Crippen molar-refractivity contribution in [3.8, 4) is 28.1 Å². The van der Waals surface area contributed by atoms with Gasteiger partial charge in [0.15, 0.2) is 0 Å². The summed E-state index contributed by atoms with van der Waals surface area (Å²) in [4.78, 5) is 14.7. The Balaban J connectivity index is 1.35. The summed E-state index contributed by atoms with van der Waals surface area (Å²) in [5, 5.41) is 1.14. The lowest BCUT2D eigenvalue weighted by Crippen LogP contribution is -1.99.